The standard InChI is InChI=1S/C12H13BrF2N2O2/c1-12(5-16-6-12)19-4-11(18)17-10-2-7(13)8(14)3-9(10)15/h2-3,16H,4-6H2,1H3,(H,17,18). The summed E-state index contributed by atoms with van der Waals surface area (Å²) in [4.78, 5) is 11.6. The summed E-state index contributed by atoms with van der Waals surface area (Å²) in [6, 6.07) is 1.88. The number of carbonyl (C=O) groups excluding carboxylic acids is 1. The second-order valence-electron chi connectivity index (χ2n) is 4.64. The Labute approximate surface area is 117 Å². The van der Waals surface area contributed by atoms with Gasteiger partial charge in [-0.15, -0.1) is 0 Å². The molecule has 0 unspecified atom stereocenters. The summed E-state index contributed by atoms with van der Waals surface area (Å²) < 4.78 is 31.9. The van der Waals surface area contributed by atoms with Gasteiger partial charge in [0.05, 0.1) is 15.8 Å². The van der Waals surface area contributed by atoms with Crippen molar-refractivity contribution in [3.05, 3.63) is 28.2 Å². The van der Waals surface area contributed by atoms with E-state index in [1.54, 1.807) is 0 Å². The van der Waals surface area contributed by atoms with Crippen molar-refractivity contribution in [1.82, 2.24) is 5.32 Å². The number of rotatable bonds is 4. The molecule has 2 rings (SSSR count). The molecule has 1 aromatic carbocycles. The Bertz CT molecular complexity index is 507. The number of hydrogen-bond donors (Lipinski definition) is 2. The van der Waals surface area contributed by atoms with Crippen molar-refractivity contribution in [1.29, 1.82) is 0 Å². The molecule has 1 amide bonds. The van der Waals surface area contributed by atoms with Crippen molar-refractivity contribution >= 4 is 27.5 Å². The maximum absolute atomic E-state index is 13.4. The second kappa shape index (κ2) is 5.52. The van der Waals surface area contributed by atoms with Gasteiger partial charge < -0.3 is 15.4 Å². The quantitative estimate of drug-likeness (QED) is 0.828. The van der Waals surface area contributed by atoms with Crippen molar-refractivity contribution in [2.45, 2.75) is 12.5 Å². The summed E-state index contributed by atoms with van der Waals surface area (Å²) in [5.41, 5.74) is -0.432. The van der Waals surface area contributed by atoms with Crippen molar-refractivity contribution in [3.63, 3.8) is 0 Å². The average molecular weight is 335 g/mol. The van der Waals surface area contributed by atoms with Crippen LogP contribution in [0, 0.1) is 11.6 Å². The smallest absolute Gasteiger partial charge is 0.250 e. The fourth-order valence-corrected chi connectivity index (χ4v) is 1.97. The molecular weight excluding hydrogens is 322 g/mol. The lowest BCUT2D eigenvalue weighted by atomic mass is 10.0. The van der Waals surface area contributed by atoms with Gasteiger partial charge in [0.15, 0.2) is 0 Å². The van der Waals surface area contributed by atoms with E-state index in [1.165, 1.54) is 6.07 Å². The van der Waals surface area contributed by atoms with E-state index in [1.807, 2.05) is 6.92 Å². The minimum atomic E-state index is -0.828. The highest BCUT2D eigenvalue weighted by Gasteiger charge is 2.33. The molecule has 0 spiro atoms. The molecule has 104 valence electrons. The maximum atomic E-state index is 13.4. The van der Waals surface area contributed by atoms with Crippen LogP contribution in [0.3, 0.4) is 0 Å². The Morgan fingerprint density at radius 3 is 2.74 bits per heavy atom. The topological polar surface area (TPSA) is 50.4 Å². The molecular formula is C12H13BrF2N2O2. The fourth-order valence-electron chi connectivity index (χ4n) is 1.62. The summed E-state index contributed by atoms with van der Waals surface area (Å²) in [6.07, 6.45) is 0. The second-order valence-corrected chi connectivity index (χ2v) is 5.49. The molecule has 1 aliphatic heterocycles. The van der Waals surface area contributed by atoms with Crippen LogP contribution in [-0.4, -0.2) is 31.2 Å². The Morgan fingerprint density at radius 2 is 2.16 bits per heavy atom. The molecule has 7 heteroatoms. The van der Waals surface area contributed by atoms with Crippen molar-refractivity contribution in [2.24, 2.45) is 0 Å². The van der Waals surface area contributed by atoms with Gasteiger partial charge in [-0.2, -0.15) is 0 Å². The van der Waals surface area contributed by atoms with Crippen molar-refractivity contribution in [2.75, 3.05) is 25.0 Å². The zero-order chi connectivity index (χ0) is 14.0. The van der Waals surface area contributed by atoms with Crippen LogP contribution in [0.1, 0.15) is 6.92 Å². The summed E-state index contributed by atoms with van der Waals surface area (Å²) in [6.45, 7) is 3.06. The Kier molecular flexibility index (Phi) is 4.17. The largest absolute Gasteiger partial charge is 0.363 e. The van der Waals surface area contributed by atoms with Crippen molar-refractivity contribution < 1.29 is 18.3 Å². The van der Waals surface area contributed by atoms with Crippen LogP contribution in [0.4, 0.5) is 14.5 Å². The normalized spacial score (nSPS) is 16.8. The minimum Gasteiger partial charge on any atom is -0.363 e. The van der Waals surface area contributed by atoms with Crippen LogP contribution in [0.15, 0.2) is 16.6 Å². The molecule has 0 atom stereocenters. The fraction of sp³-hybridized carbons (Fsp3) is 0.417. The highest BCUT2D eigenvalue weighted by molar-refractivity contribution is 9.10. The molecule has 4 nitrogen and oxygen atoms in total. The van der Waals surface area contributed by atoms with Gasteiger partial charge in [0, 0.05) is 19.2 Å². The molecule has 0 bridgehead atoms. The van der Waals surface area contributed by atoms with Crippen LogP contribution < -0.4 is 10.6 Å². The summed E-state index contributed by atoms with van der Waals surface area (Å²) in [5, 5.41) is 5.38. The first-order valence-electron chi connectivity index (χ1n) is 5.69. The monoisotopic (exact) mass is 334 g/mol. The SMILES string of the molecule is CC1(OCC(=O)Nc2cc(Br)c(F)cc2F)CNC1. The number of hydrogen-bond acceptors (Lipinski definition) is 3. The molecule has 0 aromatic heterocycles. The molecule has 1 fully saturated rings. The van der Waals surface area contributed by atoms with Crippen LogP contribution >= 0.6 is 15.9 Å². The number of halogens is 3. The Hall–Kier alpha value is -1.05. The Morgan fingerprint density at radius 1 is 1.47 bits per heavy atom. The third-order valence-corrected chi connectivity index (χ3v) is 3.44. The zero-order valence-corrected chi connectivity index (χ0v) is 11.8. The highest BCUT2D eigenvalue weighted by Crippen LogP contribution is 2.23. The van der Waals surface area contributed by atoms with E-state index in [4.69, 9.17) is 4.74 Å². The molecule has 1 saturated heterocycles. The first-order valence-corrected chi connectivity index (χ1v) is 6.48. The minimum absolute atomic E-state index is 0.0836. The van der Waals surface area contributed by atoms with Crippen molar-refractivity contribution in [3.8, 4) is 0 Å². The van der Waals surface area contributed by atoms with Gasteiger partial charge >= 0.3 is 0 Å². The summed E-state index contributed by atoms with van der Waals surface area (Å²) in [5.74, 6) is -2.03. The van der Waals surface area contributed by atoms with Gasteiger partial charge in [-0.25, -0.2) is 8.78 Å². The van der Waals surface area contributed by atoms with Gasteiger partial charge in [-0.1, -0.05) is 0 Å². The molecule has 0 saturated carbocycles. The number of ether oxygens (including phenoxy) is 1. The third kappa shape index (κ3) is 3.49. The number of anilines is 1. The van der Waals surface area contributed by atoms with Gasteiger partial charge in [0.2, 0.25) is 5.91 Å². The molecule has 0 aliphatic carbocycles. The summed E-state index contributed by atoms with van der Waals surface area (Å²) in [7, 11) is 0. The molecule has 0 radical (unpaired) electrons. The van der Waals surface area contributed by atoms with Gasteiger partial charge in [0.1, 0.15) is 18.2 Å². The lowest BCUT2D eigenvalue weighted by molar-refractivity contribution is -0.130. The molecule has 19 heavy (non-hydrogen) atoms. The van der Waals surface area contributed by atoms with E-state index >= 15 is 0 Å². The van der Waals surface area contributed by atoms with Crippen LogP contribution in [-0.2, 0) is 9.53 Å². The van der Waals surface area contributed by atoms with E-state index in [0.717, 1.165) is 0 Å². The molecule has 1 heterocycles. The van der Waals surface area contributed by atoms with E-state index in [0.29, 0.717) is 19.2 Å². The predicted molar refractivity (Wildman–Crippen MR) is 69.9 cm³/mol. The van der Waals surface area contributed by atoms with E-state index in [-0.39, 0.29) is 22.4 Å². The van der Waals surface area contributed by atoms with Gasteiger partial charge in [-0.05, 0) is 28.9 Å². The zero-order valence-electron chi connectivity index (χ0n) is 10.2. The Balaban J connectivity index is 1.93. The van der Waals surface area contributed by atoms with Gasteiger partial charge in [0.25, 0.3) is 0 Å². The first kappa shape index (κ1) is 14.4. The molecule has 1 aromatic rings. The van der Waals surface area contributed by atoms with E-state index in [2.05, 4.69) is 26.6 Å². The van der Waals surface area contributed by atoms with E-state index < -0.39 is 17.5 Å². The molecule has 1 aliphatic rings. The number of amides is 1. The predicted octanol–water partition coefficient (Wildman–Crippen LogP) is 2.04. The number of nitrogens with one attached hydrogen (secondary N) is 2. The lowest BCUT2D eigenvalue weighted by Crippen LogP contribution is -2.59. The first-order chi connectivity index (χ1) is 8.89. The number of benzene rings is 1. The average Bonchev–Trinajstić information content (AvgIpc) is 2.31. The van der Waals surface area contributed by atoms with E-state index in [9.17, 15) is 13.6 Å². The third-order valence-electron chi connectivity index (χ3n) is 2.83. The van der Waals surface area contributed by atoms with Crippen LogP contribution in [0.5, 0.6) is 0 Å². The van der Waals surface area contributed by atoms with Crippen LogP contribution in [0.2, 0.25) is 0 Å². The van der Waals surface area contributed by atoms with Crippen LogP contribution in [0.25, 0.3) is 0 Å². The lowest BCUT2D eigenvalue weighted by Gasteiger charge is -2.38. The summed E-state index contributed by atoms with van der Waals surface area (Å²) >= 11 is 2.93. The maximum Gasteiger partial charge on any atom is 0.250 e. The molecule has 2 N–H and O–H groups in total. The highest BCUT2D eigenvalue weighted by atomic mass is 79.9. The van der Waals surface area contributed by atoms with Gasteiger partial charge in [-0.3, -0.25) is 4.79 Å². The number of carbonyl (C=O) groups is 1.